The number of benzene rings is 2. The second kappa shape index (κ2) is 8.02. The average molecular weight is 470 g/mol. The van der Waals surface area contributed by atoms with Gasteiger partial charge in [0.05, 0.1) is 10.5 Å². The molecule has 5 nitrogen and oxygen atoms in total. The lowest BCUT2D eigenvalue weighted by Gasteiger charge is -2.36. The molecule has 2 aromatic rings. The number of hydrogen-bond acceptors (Lipinski definition) is 4. The molecule has 168 valence electrons. The van der Waals surface area contributed by atoms with E-state index in [2.05, 4.69) is 0 Å². The van der Waals surface area contributed by atoms with Gasteiger partial charge in [0.2, 0.25) is 0 Å². The van der Waals surface area contributed by atoms with Crippen LogP contribution in [0, 0.1) is 23.3 Å². The van der Waals surface area contributed by atoms with E-state index >= 15 is 0 Å². The molecule has 0 unspecified atom stereocenters. The fourth-order valence-electron chi connectivity index (χ4n) is 3.11. The molecular weight excluding hydrogens is 457 g/mol. The summed E-state index contributed by atoms with van der Waals surface area (Å²) in [7, 11) is -5.80. The molecule has 0 bridgehead atoms. The minimum Gasteiger partial charge on any atom is -0.363 e. The van der Waals surface area contributed by atoms with Crippen LogP contribution in [0.15, 0.2) is 35.2 Å². The van der Waals surface area contributed by atoms with Crippen LogP contribution in [0.2, 0.25) is 0 Å². The van der Waals surface area contributed by atoms with Gasteiger partial charge in [-0.05, 0) is 18.2 Å². The standard InChI is InChI=1S/C18H13F7N2O3S/c19-10-7-14(21)16(15(22)8-10)26-3-5-27(6-4-26)17(28)12-9-11(1-2-13(12)20)31(29,30)18(23,24)25/h1-2,7-9H,3-6H2. The maximum Gasteiger partial charge on any atom is 0.501 e. The summed E-state index contributed by atoms with van der Waals surface area (Å²) in [6.45, 7) is -0.698. The van der Waals surface area contributed by atoms with Crippen LogP contribution in [-0.2, 0) is 9.84 Å². The average Bonchev–Trinajstić information content (AvgIpc) is 2.66. The number of alkyl halides is 3. The first-order valence-electron chi connectivity index (χ1n) is 8.62. The van der Waals surface area contributed by atoms with Gasteiger partial charge < -0.3 is 9.80 Å². The van der Waals surface area contributed by atoms with Crippen LogP contribution in [0.1, 0.15) is 10.4 Å². The number of amides is 1. The Hall–Kier alpha value is -2.83. The topological polar surface area (TPSA) is 57.7 Å². The summed E-state index contributed by atoms with van der Waals surface area (Å²) in [5.41, 5.74) is -7.05. The predicted octanol–water partition coefficient (Wildman–Crippen LogP) is 3.50. The van der Waals surface area contributed by atoms with E-state index in [4.69, 9.17) is 0 Å². The molecular formula is C18H13F7N2O3S. The molecule has 1 aliphatic heterocycles. The zero-order valence-corrected chi connectivity index (χ0v) is 16.2. The van der Waals surface area contributed by atoms with Crippen LogP contribution in [0.25, 0.3) is 0 Å². The van der Waals surface area contributed by atoms with Crippen molar-refractivity contribution in [2.24, 2.45) is 0 Å². The molecule has 2 aromatic carbocycles. The van der Waals surface area contributed by atoms with Gasteiger partial charge in [0.25, 0.3) is 15.7 Å². The van der Waals surface area contributed by atoms with E-state index in [1.54, 1.807) is 0 Å². The van der Waals surface area contributed by atoms with Gasteiger partial charge in [-0.3, -0.25) is 4.79 Å². The summed E-state index contributed by atoms with van der Waals surface area (Å²) in [6.07, 6.45) is 0. The Balaban J connectivity index is 1.81. The minimum absolute atomic E-state index is 0.145. The quantitative estimate of drug-likeness (QED) is 0.509. The highest BCUT2D eigenvalue weighted by molar-refractivity contribution is 7.92. The smallest absolute Gasteiger partial charge is 0.363 e. The van der Waals surface area contributed by atoms with Crippen LogP contribution in [0.4, 0.5) is 36.4 Å². The Bertz CT molecular complexity index is 1100. The molecule has 0 spiro atoms. The fraction of sp³-hybridized carbons (Fsp3) is 0.278. The lowest BCUT2D eigenvalue weighted by Crippen LogP contribution is -2.49. The maximum atomic E-state index is 14.1. The Kier molecular flexibility index (Phi) is 5.91. The van der Waals surface area contributed by atoms with Gasteiger partial charge in [0, 0.05) is 38.3 Å². The third-order valence-electron chi connectivity index (χ3n) is 4.65. The molecule has 1 fully saturated rings. The van der Waals surface area contributed by atoms with Crippen molar-refractivity contribution < 1.29 is 43.9 Å². The maximum absolute atomic E-state index is 14.1. The van der Waals surface area contributed by atoms with Crippen molar-refractivity contribution in [1.29, 1.82) is 0 Å². The fourth-order valence-corrected chi connectivity index (χ4v) is 3.90. The summed E-state index contributed by atoms with van der Waals surface area (Å²) in [4.78, 5) is 13.5. The Morgan fingerprint density at radius 1 is 0.839 bits per heavy atom. The normalized spacial score (nSPS) is 15.3. The minimum atomic E-state index is -5.80. The van der Waals surface area contributed by atoms with Gasteiger partial charge in [0.1, 0.15) is 17.3 Å². The highest BCUT2D eigenvalue weighted by atomic mass is 32.2. The monoisotopic (exact) mass is 470 g/mol. The highest BCUT2D eigenvalue weighted by Crippen LogP contribution is 2.31. The van der Waals surface area contributed by atoms with E-state index in [0.717, 1.165) is 4.90 Å². The van der Waals surface area contributed by atoms with Crippen molar-refractivity contribution in [3.63, 3.8) is 0 Å². The lowest BCUT2D eigenvalue weighted by molar-refractivity contribution is -0.0436. The van der Waals surface area contributed by atoms with E-state index in [1.165, 1.54) is 4.90 Å². The van der Waals surface area contributed by atoms with Crippen molar-refractivity contribution in [3.05, 3.63) is 59.2 Å². The molecule has 0 saturated carbocycles. The molecule has 0 aliphatic carbocycles. The molecule has 1 amide bonds. The number of halogens is 7. The SMILES string of the molecule is O=C(c1cc(S(=O)(=O)C(F)(F)F)ccc1F)N1CCN(c2c(F)cc(F)cc2F)CC1. The third kappa shape index (κ3) is 4.31. The second-order valence-corrected chi connectivity index (χ2v) is 8.53. The first kappa shape index (κ1) is 22.8. The molecule has 13 heteroatoms. The molecule has 3 rings (SSSR count). The Morgan fingerprint density at radius 2 is 1.39 bits per heavy atom. The summed E-state index contributed by atoms with van der Waals surface area (Å²) >= 11 is 0. The number of piperazine rings is 1. The van der Waals surface area contributed by atoms with Crippen molar-refractivity contribution in [2.75, 3.05) is 31.1 Å². The Labute approximate surface area is 171 Å². The predicted molar refractivity (Wildman–Crippen MR) is 94.1 cm³/mol. The summed E-state index contributed by atoms with van der Waals surface area (Å²) in [5, 5.41) is 0. The van der Waals surface area contributed by atoms with Crippen LogP contribution < -0.4 is 4.90 Å². The van der Waals surface area contributed by atoms with E-state index in [1.807, 2.05) is 0 Å². The van der Waals surface area contributed by atoms with Crippen molar-refractivity contribution in [1.82, 2.24) is 4.90 Å². The number of rotatable bonds is 3. The number of nitrogens with zero attached hydrogens (tertiary/aromatic N) is 2. The zero-order chi connectivity index (χ0) is 23.1. The largest absolute Gasteiger partial charge is 0.501 e. The van der Waals surface area contributed by atoms with E-state index in [0.29, 0.717) is 30.3 Å². The van der Waals surface area contributed by atoms with Crippen molar-refractivity contribution in [3.8, 4) is 0 Å². The van der Waals surface area contributed by atoms with Crippen LogP contribution in [0.3, 0.4) is 0 Å². The molecule has 31 heavy (non-hydrogen) atoms. The number of carbonyl (C=O) groups excluding carboxylic acids is 1. The molecule has 0 atom stereocenters. The molecule has 1 heterocycles. The van der Waals surface area contributed by atoms with Gasteiger partial charge in [-0.2, -0.15) is 13.2 Å². The van der Waals surface area contributed by atoms with Gasteiger partial charge in [-0.1, -0.05) is 0 Å². The first-order valence-corrected chi connectivity index (χ1v) is 10.1. The molecule has 1 aliphatic rings. The number of hydrogen-bond donors (Lipinski definition) is 0. The van der Waals surface area contributed by atoms with Crippen molar-refractivity contribution >= 4 is 21.4 Å². The second-order valence-electron chi connectivity index (χ2n) is 6.59. The molecule has 0 radical (unpaired) electrons. The van der Waals surface area contributed by atoms with E-state index in [9.17, 15) is 43.9 Å². The third-order valence-corrected chi connectivity index (χ3v) is 6.13. The lowest BCUT2D eigenvalue weighted by atomic mass is 10.1. The Morgan fingerprint density at radius 3 is 1.90 bits per heavy atom. The number of sulfone groups is 1. The van der Waals surface area contributed by atoms with Crippen molar-refractivity contribution in [2.45, 2.75) is 10.4 Å². The van der Waals surface area contributed by atoms with Gasteiger partial charge in [-0.25, -0.2) is 26.0 Å². The summed E-state index contributed by atoms with van der Waals surface area (Å²) < 4.78 is 116. The van der Waals surface area contributed by atoms with Crippen LogP contribution in [-0.4, -0.2) is 50.9 Å². The van der Waals surface area contributed by atoms with Gasteiger partial charge >= 0.3 is 5.51 Å². The summed E-state index contributed by atoms with van der Waals surface area (Å²) in [6, 6.07) is 2.10. The highest BCUT2D eigenvalue weighted by Gasteiger charge is 2.47. The number of carbonyl (C=O) groups is 1. The first-order chi connectivity index (χ1) is 14.3. The van der Waals surface area contributed by atoms with E-state index < -0.39 is 60.7 Å². The van der Waals surface area contributed by atoms with Gasteiger partial charge in [-0.15, -0.1) is 0 Å². The van der Waals surface area contributed by atoms with Crippen LogP contribution in [0.5, 0.6) is 0 Å². The zero-order valence-electron chi connectivity index (χ0n) is 15.4. The van der Waals surface area contributed by atoms with Crippen LogP contribution >= 0.6 is 0 Å². The number of anilines is 1. The molecule has 1 saturated heterocycles. The van der Waals surface area contributed by atoms with E-state index in [-0.39, 0.29) is 26.2 Å². The van der Waals surface area contributed by atoms with Gasteiger partial charge in [0.15, 0.2) is 11.6 Å². The summed E-state index contributed by atoms with van der Waals surface area (Å²) in [5.74, 6) is -5.75. The molecule has 0 N–H and O–H groups in total. The molecule has 0 aromatic heterocycles.